The van der Waals surface area contributed by atoms with E-state index in [9.17, 15) is 4.39 Å². The molecule has 0 amide bonds. The molecular formula is C16H19FN2OS. The number of nitrogens with zero attached hydrogens (tertiary/aromatic N) is 1. The van der Waals surface area contributed by atoms with E-state index in [-0.39, 0.29) is 11.6 Å². The van der Waals surface area contributed by atoms with Gasteiger partial charge in [-0.15, -0.1) is 0 Å². The van der Waals surface area contributed by atoms with Crippen LogP contribution in [0, 0.1) is 28.3 Å². The van der Waals surface area contributed by atoms with Crippen molar-refractivity contribution < 1.29 is 9.13 Å². The summed E-state index contributed by atoms with van der Waals surface area (Å²) in [5.74, 6) is 2.41. The number of aromatic nitrogens is 2. The fourth-order valence-corrected chi connectivity index (χ4v) is 4.61. The van der Waals surface area contributed by atoms with Gasteiger partial charge in [0.25, 0.3) is 0 Å². The second-order valence-electron chi connectivity index (χ2n) is 6.48. The van der Waals surface area contributed by atoms with E-state index in [0.717, 1.165) is 29.4 Å². The number of fused-ring (bicyclic) bond motifs is 3. The van der Waals surface area contributed by atoms with Crippen LogP contribution in [0.2, 0.25) is 0 Å². The van der Waals surface area contributed by atoms with Crippen molar-refractivity contribution in [2.24, 2.45) is 17.8 Å². The Morgan fingerprint density at radius 3 is 2.90 bits per heavy atom. The van der Waals surface area contributed by atoms with Gasteiger partial charge in [0, 0.05) is 18.7 Å². The SMILES string of the molecule is COc1cc2c(cc1F)[nH]c(=S)n2CC1CC2CCC1C2. The number of halogens is 1. The second-order valence-corrected chi connectivity index (χ2v) is 6.87. The molecule has 5 heteroatoms. The standard InChI is InChI=1S/C16H19FN2OS/c1-20-15-7-14-13(6-12(15)17)18-16(21)19(14)8-11-5-9-2-3-10(11)4-9/h6-7,9-11H,2-5,8H2,1H3,(H,18,21). The average Bonchev–Trinajstić information content (AvgIpc) is 3.14. The lowest BCUT2D eigenvalue weighted by atomic mass is 9.89. The Bertz CT molecular complexity index is 751. The number of methoxy groups -OCH3 is 1. The summed E-state index contributed by atoms with van der Waals surface area (Å²) < 4.78 is 21.7. The van der Waals surface area contributed by atoms with Crippen LogP contribution in [0.1, 0.15) is 25.7 Å². The van der Waals surface area contributed by atoms with Crippen LogP contribution in [0.15, 0.2) is 12.1 Å². The van der Waals surface area contributed by atoms with Crippen LogP contribution in [0.4, 0.5) is 4.39 Å². The van der Waals surface area contributed by atoms with Crippen LogP contribution >= 0.6 is 12.2 Å². The number of H-pyrrole nitrogens is 1. The summed E-state index contributed by atoms with van der Waals surface area (Å²) in [6, 6.07) is 3.23. The van der Waals surface area contributed by atoms with E-state index in [0.29, 0.717) is 10.7 Å². The van der Waals surface area contributed by atoms with E-state index in [1.54, 1.807) is 6.07 Å². The quantitative estimate of drug-likeness (QED) is 0.858. The van der Waals surface area contributed by atoms with Gasteiger partial charge in [-0.2, -0.15) is 0 Å². The molecule has 1 N–H and O–H groups in total. The number of ether oxygens (including phenoxy) is 1. The molecule has 0 saturated heterocycles. The van der Waals surface area contributed by atoms with Crippen LogP contribution in [0.3, 0.4) is 0 Å². The fourth-order valence-electron chi connectivity index (χ4n) is 4.33. The summed E-state index contributed by atoms with van der Waals surface area (Å²) in [6.45, 7) is 0.939. The predicted octanol–water partition coefficient (Wildman–Crippen LogP) is 4.28. The predicted molar refractivity (Wildman–Crippen MR) is 82.6 cm³/mol. The Kier molecular flexibility index (Phi) is 3.06. The van der Waals surface area contributed by atoms with Gasteiger partial charge < -0.3 is 14.3 Å². The van der Waals surface area contributed by atoms with E-state index >= 15 is 0 Å². The lowest BCUT2D eigenvalue weighted by molar-refractivity contribution is 0.297. The minimum Gasteiger partial charge on any atom is -0.494 e. The molecule has 3 atom stereocenters. The zero-order chi connectivity index (χ0) is 14.6. The first-order valence-electron chi connectivity index (χ1n) is 7.61. The molecule has 112 valence electrons. The van der Waals surface area contributed by atoms with Gasteiger partial charge in [-0.1, -0.05) is 6.42 Å². The van der Waals surface area contributed by atoms with Crippen molar-refractivity contribution in [3.8, 4) is 5.75 Å². The number of hydrogen-bond acceptors (Lipinski definition) is 2. The van der Waals surface area contributed by atoms with Crippen LogP contribution < -0.4 is 4.74 Å². The smallest absolute Gasteiger partial charge is 0.178 e. The summed E-state index contributed by atoms with van der Waals surface area (Å²) in [5, 5.41) is 0. The van der Waals surface area contributed by atoms with Crippen molar-refractivity contribution in [3.05, 3.63) is 22.7 Å². The van der Waals surface area contributed by atoms with Gasteiger partial charge in [-0.3, -0.25) is 0 Å². The molecule has 0 spiro atoms. The average molecular weight is 306 g/mol. The molecule has 1 aromatic carbocycles. The molecule has 2 aromatic rings. The summed E-state index contributed by atoms with van der Waals surface area (Å²) in [7, 11) is 1.49. The lowest BCUT2D eigenvalue weighted by Crippen LogP contribution is -2.17. The van der Waals surface area contributed by atoms with E-state index < -0.39 is 0 Å². The van der Waals surface area contributed by atoms with E-state index in [4.69, 9.17) is 17.0 Å². The van der Waals surface area contributed by atoms with E-state index in [1.165, 1.54) is 38.9 Å². The molecule has 3 nitrogen and oxygen atoms in total. The minimum absolute atomic E-state index is 0.276. The molecule has 3 unspecified atom stereocenters. The molecule has 0 aliphatic heterocycles. The summed E-state index contributed by atoms with van der Waals surface area (Å²) in [5.41, 5.74) is 1.70. The number of rotatable bonds is 3. The zero-order valence-corrected chi connectivity index (χ0v) is 12.9. The Balaban J connectivity index is 1.74. The van der Waals surface area contributed by atoms with Crippen molar-refractivity contribution >= 4 is 23.3 Å². The third kappa shape index (κ3) is 2.09. The number of aromatic amines is 1. The Labute approximate surface area is 128 Å². The van der Waals surface area contributed by atoms with Crippen LogP contribution in [-0.2, 0) is 6.54 Å². The highest BCUT2D eigenvalue weighted by molar-refractivity contribution is 7.71. The highest BCUT2D eigenvalue weighted by Gasteiger charge is 2.39. The minimum atomic E-state index is -0.353. The van der Waals surface area contributed by atoms with Crippen molar-refractivity contribution in [3.63, 3.8) is 0 Å². The molecule has 2 aliphatic rings. The lowest BCUT2D eigenvalue weighted by Gasteiger charge is -2.22. The van der Waals surface area contributed by atoms with E-state index in [1.807, 2.05) is 0 Å². The number of nitrogens with one attached hydrogen (secondary N) is 1. The summed E-state index contributed by atoms with van der Waals surface area (Å²) in [6.07, 6.45) is 5.47. The molecule has 2 bridgehead atoms. The molecule has 4 rings (SSSR count). The summed E-state index contributed by atoms with van der Waals surface area (Å²) >= 11 is 5.44. The zero-order valence-electron chi connectivity index (χ0n) is 12.1. The first kappa shape index (κ1) is 13.3. The van der Waals surface area contributed by atoms with E-state index in [2.05, 4.69) is 9.55 Å². The molecule has 21 heavy (non-hydrogen) atoms. The molecule has 2 fully saturated rings. The van der Waals surface area contributed by atoms with Gasteiger partial charge in [0.1, 0.15) is 0 Å². The number of benzene rings is 1. The van der Waals surface area contributed by atoms with Gasteiger partial charge in [0.2, 0.25) is 0 Å². The topological polar surface area (TPSA) is 29.9 Å². The monoisotopic (exact) mass is 306 g/mol. The molecule has 2 saturated carbocycles. The second kappa shape index (κ2) is 4.83. The van der Waals surface area contributed by atoms with Crippen molar-refractivity contribution in [1.29, 1.82) is 0 Å². The molecular weight excluding hydrogens is 287 g/mol. The van der Waals surface area contributed by atoms with Crippen LogP contribution in [-0.4, -0.2) is 16.7 Å². The van der Waals surface area contributed by atoms with Crippen molar-refractivity contribution in [2.45, 2.75) is 32.2 Å². The first-order chi connectivity index (χ1) is 10.2. The van der Waals surface area contributed by atoms with Gasteiger partial charge in [-0.25, -0.2) is 4.39 Å². The molecule has 1 heterocycles. The van der Waals surface area contributed by atoms with Crippen LogP contribution in [0.25, 0.3) is 11.0 Å². The fraction of sp³-hybridized carbons (Fsp3) is 0.562. The first-order valence-corrected chi connectivity index (χ1v) is 8.02. The molecule has 1 aromatic heterocycles. The highest BCUT2D eigenvalue weighted by Crippen LogP contribution is 2.49. The van der Waals surface area contributed by atoms with Crippen molar-refractivity contribution in [1.82, 2.24) is 9.55 Å². The Hall–Kier alpha value is -1.36. The van der Waals surface area contributed by atoms with Crippen LogP contribution in [0.5, 0.6) is 5.75 Å². The highest BCUT2D eigenvalue weighted by atomic mass is 32.1. The third-order valence-electron chi connectivity index (χ3n) is 5.35. The molecule has 2 aliphatic carbocycles. The van der Waals surface area contributed by atoms with Gasteiger partial charge in [0.15, 0.2) is 16.3 Å². The maximum absolute atomic E-state index is 13.8. The third-order valence-corrected chi connectivity index (χ3v) is 5.67. The maximum Gasteiger partial charge on any atom is 0.178 e. The van der Waals surface area contributed by atoms with Gasteiger partial charge in [0.05, 0.1) is 18.1 Å². The largest absolute Gasteiger partial charge is 0.494 e. The maximum atomic E-state index is 13.8. The van der Waals surface area contributed by atoms with Gasteiger partial charge in [-0.05, 0) is 49.2 Å². The Morgan fingerprint density at radius 1 is 1.38 bits per heavy atom. The number of hydrogen-bond donors (Lipinski definition) is 1. The normalized spacial score (nSPS) is 27.6. The van der Waals surface area contributed by atoms with Gasteiger partial charge >= 0.3 is 0 Å². The van der Waals surface area contributed by atoms with Crippen molar-refractivity contribution in [2.75, 3.05) is 7.11 Å². The summed E-state index contributed by atoms with van der Waals surface area (Å²) in [4.78, 5) is 3.12. The number of imidazole rings is 1. The Morgan fingerprint density at radius 2 is 2.24 bits per heavy atom. The molecule has 0 radical (unpaired) electrons.